The highest BCUT2D eigenvalue weighted by Crippen LogP contribution is 2.08. The van der Waals surface area contributed by atoms with Gasteiger partial charge in [0.2, 0.25) is 0 Å². The quantitative estimate of drug-likeness (QED) is 0.0402. The second-order valence-corrected chi connectivity index (χ2v) is 15.8. The number of hydrogen-bond donors (Lipinski definition) is 10. The number of hydrogen-bond acceptors (Lipinski definition) is 11. The van der Waals surface area contributed by atoms with E-state index in [2.05, 4.69) is 73.3 Å². The second kappa shape index (κ2) is 50.0. The molecular weight excluding hydrogens is 677 g/mol. The zero-order valence-electron chi connectivity index (χ0n) is 35.9. The van der Waals surface area contributed by atoms with Gasteiger partial charge in [-0.2, -0.15) is 11.8 Å². The molecule has 0 saturated carbocycles. The fourth-order valence-corrected chi connectivity index (χ4v) is 7.08. The van der Waals surface area contributed by atoms with Crippen LogP contribution in [-0.2, 0) is 0 Å². The fraction of sp³-hybridized carbons (Fsp3) is 1.00. The van der Waals surface area contributed by atoms with Crippen molar-refractivity contribution < 1.29 is 0 Å². The molecule has 0 spiro atoms. The lowest BCUT2D eigenvalue weighted by Crippen LogP contribution is -2.29. The van der Waals surface area contributed by atoms with Gasteiger partial charge in [0, 0.05) is 0 Å². The minimum absolute atomic E-state index is 0.769. The molecule has 0 heterocycles. The second-order valence-electron chi connectivity index (χ2n) is 14.9. The molecule has 0 radical (unpaired) electrons. The van der Waals surface area contributed by atoms with Crippen molar-refractivity contribution in [1.29, 1.82) is 0 Å². The van der Waals surface area contributed by atoms with E-state index in [1.807, 2.05) is 11.8 Å². The van der Waals surface area contributed by atoms with Crippen LogP contribution in [0.3, 0.4) is 0 Å². The molecule has 0 amide bonds. The molecule has 10 N–H and O–H groups in total. The minimum Gasteiger partial charge on any atom is -0.317 e. The van der Waals surface area contributed by atoms with E-state index in [1.54, 1.807) is 0 Å². The molecule has 53 heavy (non-hydrogen) atoms. The van der Waals surface area contributed by atoms with Crippen molar-refractivity contribution in [2.24, 2.45) is 5.92 Å². The first-order valence-corrected chi connectivity index (χ1v) is 24.3. The van der Waals surface area contributed by atoms with Gasteiger partial charge < -0.3 is 53.2 Å². The van der Waals surface area contributed by atoms with E-state index in [9.17, 15) is 0 Å². The molecule has 0 aliphatic rings. The molecule has 0 aromatic carbocycles. The molecule has 10 nitrogen and oxygen atoms in total. The van der Waals surface area contributed by atoms with Crippen LogP contribution in [0, 0.1) is 5.92 Å². The van der Waals surface area contributed by atoms with Gasteiger partial charge in [-0.1, -0.05) is 13.8 Å². The maximum Gasteiger partial charge on any atom is -0.00122 e. The van der Waals surface area contributed by atoms with Crippen LogP contribution >= 0.6 is 11.8 Å². The van der Waals surface area contributed by atoms with Crippen LogP contribution in [0.4, 0.5) is 0 Å². The van der Waals surface area contributed by atoms with Crippen molar-refractivity contribution in [1.82, 2.24) is 53.2 Å². The van der Waals surface area contributed by atoms with E-state index in [0.717, 1.165) is 137 Å². The monoisotopic (exact) mass is 773 g/mol. The lowest BCUT2D eigenvalue weighted by molar-refractivity contribution is 0.459. The Balaban J connectivity index is 3.31. The van der Waals surface area contributed by atoms with Crippen LogP contribution in [0.5, 0.6) is 0 Å². The Morgan fingerprint density at radius 1 is 0.302 bits per heavy atom. The van der Waals surface area contributed by atoms with E-state index in [0.29, 0.717) is 0 Å². The Morgan fingerprint density at radius 2 is 0.528 bits per heavy atom. The van der Waals surface area contributed by atoms with Crippen LogP contribution in [0.25, 0.3) is 0 Å². The molecule has 0 bridgehead atoms. The number of nitrogens with one attached hydrogen (secondary N) is 10. The van der Waals surface area contributed by atoms with Gasteiger partial charge in [-0.15, -0.1) is 0 Å². The molecule has 1 unspecified atom stereocenters. The van der Waals surface area contributed by atoms with Crippen molar-refractivity contribution in [3.8, 4) is 0 Å². The Bertz CT molecular complexity index is 637. The molecule has 0 aliphatic carbocycles. The average molecular weight is 773 g/mol. The third-order valence-electron chi connectivity index (χ3n) is 9.72. The Hall–Kier alpha value is -0.0500. The zero-order chi connectivity index (χ0) is 38.2. The minimum atomic E-state index is 0.769. The summed E-state index contributed by atoms with van der Waals surface area (Å²) in [7, 11) is 0. The Labute approximate surface area is 335 Å². The Kier molecular flexibility index (Phi) is 49.9. The standard InChI is InChI=1S/C42H96N10S/c1-4-43-23-6-8-25-45-27-10-12-29-47-31-14-15-33-49-35-18-19-37-51-39-22-42(41-53-3)40-52-38-21-20-36-50-34-17-16-32-48-30-13-11-28-46-26-9-7-24-44-5-2/h42-52H,4-41H2,1-3H3. The van der Waals surface area contributed by atoms with Crippen LogP contribution < -0.4 is 53.2 Å². The summed E-state index contributed by atoms with van der Waals surface area (Å²) in [5.41, 5.74) is 0. The van der Waals surface area contributed by atoms with Crippen LogP contribution in [0.1, 0.15) is 123 Å². The normalized spacial score (nSPS) is 12.3. The predicted molar refractivity (Wildman–Crippen MR) is 240 cm³/mol. The third kappa shape index (κ3) is 48.0. The molecule has 0 aromatic heterocycles. The summed E-state index contributed by atoms with van der Waals surface area (Å²) in [4.78, 5) is 0. The summed E-state index contributed by atoms with van der Waals surface area (Å²) < 4.78 is 0. The summed E-state index contributed by atoms with van der Waals surface area (Å²) in [6.45, 7) is 27.3. The van der Waals surface area contributed by atoms with Crippen molar-refractivity contribution in [2.45, 2.75) is 123 Å². The Morgan fingerprint density at radius 3 is 0.774 bits per heavy atom. The number of thioether (sulfide) groups is 1. The zero-order valence-corrected chi connectivity index (χ0v) is 36.7. The van der Waals surface area contributed by atoms with Crippen molar-refractivity contribution >= 4 is 11.8 Å². The molecule has 0 aromatic rings. The summed E-state index contributed by atoms with van der Waals surface area (Å²) in [5.74, 6) is 2.03. The summed E-state index contributed by atoms with van der Waals surface area (Å²) in [6, 6.07) is 0. The van der Waals surface area contributed by atoms with Crippen molar-refractivity contribution in [3.63, 3.8) is 0 Å². The van der Waals surface area contributed by atoms with Gasteiger partial charge >= 0.3 is 0 Å². The maximum atomic E-state index is 3.75. The van der Waals surface area contributed by atoms with Crippen LogP contribution in [0.2, 0.25) is 0 Å². The highest BCUT2D eigenvalue weighted by Gasteiger charge is 2.07. The van der Waals surface area contributed by atoms with E-state index in [1.165, 1.54) is 115 Å². The van der Waals surface area contributed by atoms with Gasteiger partial charge in [-0.05, 0) is 258 Å². The summed E-state index contributed by atoms with van der Waals surface area (Å²) in [5, 5.41) is 35.9. The van der Waals surface area contributed by atoms with E-state index in [-0.39, 0.29) is 0 Å². The van der Waals surface area contributed by atoms with Crippen LogP contribution in [0.15, 0.2) is 0 Å². The molecule has 0 fully saturated rings. The molecule has 0 aliphatic heterocycles. The van der Waals surface area contributed by atoms with Gasteiger partial charge in [0.25, 0.3) is 0 Å². The summed E-state index contributed by atoms with van der Waals surface area (Å²) >= 11 is 1.99. The maximum absolute atomic E-state index is 3.75. The van der Waals surface area contributed by atoms with Crippen LogP contribution in [-0.4, -0.2) is 143 Å². The fourth-order valence-electron chi connectivity index (χ4n) is 6.32. The number of unbranched alkanes of at least 4 members (excludes halogenated alkanes) is 8. The molecule has 11 heteroatoms. The van der Waals surface area contributed by atoms with E-state index in [4.69, 9.17) is 0 Å². The van der Waals surface area contributed by atoms with Gasteiger partial charge in [-0.25, -0.2) is 0 Å². The largest absolute Gasteiger partial charge is 0.317 e. The first kappa shape index (κ1) is 53.0. The lowest BCUT2D eigenvalue weighted by atomic mass is 10.1. The topological polar surface area (TPSA) is 120 Å². The van der Waals surface area contributed by atoms with Crippen molar-refractivity contribution in [3.05, 3.63) is 0 Å². The SMILES string of the molecule is CCNCCCCNCCCCNCCCCNCCCCNCCC(CNCCCCNCCCCNCCCCNCCCCNCC)CSC. The lowest BCUT2D eigenvalue weighted by Gasteiger charge is -2.17. The summed E-state index contributed by atoms with van der Waals surface area (Å²) in [6.07, 6.45) is 23.9. The smallest absolute Gasteiger partial charge is 0.00122 e. The van der Waals surface area contributed by atoms with E-state index < -0.39 is 0 Å². The predicted octanol–water partition coefficient (Wildman–Crippen LogP) is 4.53. The highest BCUT2D eigenvalue weighted by molar-refractivity contribution is 7.98. The average Bonchev–Trinajstić information content (AvgIpc) is 3.17. The molecule has 0 saturated heterocycles. The first-order valence-electron chi connectivity index (χ1n) is 22.9. The number of rotatable bonds is 49. The van der Waals surface area contributed by atoms with Gasteiger partial charge in [-0.3, -0.25) is 0 Å². The molecule has 0 rings (SSSR count). The molecule has 320 valence electrons. The molecule has 1 atom stereocenters. The first-order chi connectivity index (χ1) is 26.3. The van der Waals surface area contributed by atoms with Gasteiger partial charge in [0.1, 0.15) is 0 Å². The third-order valence-corrected chi connectivity index (χ3v) is 10.5. The van der Waals surface area contributed by atoms with Crippen molar-refractivity contribution in [2.75, 3.05) is 143 Å². The molecular formula is C42H96N10S. The van der Waals surface area contributed by atoms with Gasteiger partial charge in [0.15, 0.2) is 0 Å². The van der Waals surface area contributed by atoms with E-state index >= 15 is 0 Å². The van der Waals surface area contributed by atoms with Gasteiger partial charge in [0.05, 0.1) is 0 Å². The highest BCUT2D eigenvalue weighted by atomic mass is 32.2.